The molecule has 0 bridgehead atoms. The van der Waals surface area contributed by atoms with Gasteiger partial charge in [0.05, 0.1) is 6.61 Å². The van der Waals surface area contributed by atoms with Gasteiger partial charge in [-0.05, 0) is 25.0 Å². The first-order valence-electron chi connectivity index (χ1n) is 7.93. The van der Waals surface area contributed by atoms with Gasteiger partial charge in [-0.3, -0.25) is 0 Å². The number of ether oxygens (including phenoxy) is 4. The van der Waals surface area contributed by atoms with Crippen molar-refractivity contribution in [2.45, 2.75) is 62.9 Å². The molecule has 1 aromatic carbocycles. The van der Waals surface area contributed by atoms with Gasteiger partial charge in [0, 0.05) is 6.42 Å². The summed E-state index contributed by atoms with van der Waals surface area (Å²) in [7, 11) is 0. The van der Waals surface area contributed by atoms with Crippen molar-refractivity contribution in [1.82, 2.24) is 0 Å². The minimum atomic E-state index is -1.15. The quantitative estimate of drug-likeness (QED) is 0.802. The van der Waals surface area contributed by atoms with Crippen molar-refractivity contribution in [3.05, 3.63) is 48.0 Å². The summed E-state index contributed by atoms with van der Waals surface area (Å²) in [6, 6.07) is 9.80. The normalized spacial score (nSPS) is 41.1. The molecule has 3 aliphatic rings. The Balaban J connectivity index is 1.62. The van der Waals surface area contributed by atoms with E-state index in [4.69, 9.17) is 18.9 Å². The van der Waals surface area contributed by atoms with E-state index < -0.39 is 36.1 Å². The van der Waals surface area contributed by atoms with Gasteiger partial charge < -0.3 is 18.9 Å². The van der Waals surface area contributed by atoms with Gasteiger partial charge in [0.1, 0.15) is 24.0 Å². The van der Waals surface area contributed by atoms with Crippen molar-refractivity contribution >= 4 is 0 Å². The SMILES string of the molecule is C=C1[C@H]2O[C@@H]3OC(C)(C)O[C@@H]3[C@@]2(OCc2ccccc2)C[C@@H]1F. The summed E-state index contributed by atoms with van der Waals surface area (Å²) in [5.74, 6) is -0.765. The molecule has 4 nitrogen and oxygen atoms in total. The molecule has 23 heavy (non-hydrogen) atoms. The molecule has 0 radical (unpaired) electrons. The Hall–Kier alpha value is -1.27. The maximum Gasteiger partial charge on any atom is 0.190 e. The lowest BCUT2D eigenvalue weighted by atomic mass is 9.93. The smallest absolute Gasteiger partial charge is 0.190 e. The minimum absolute atomic E-state index is 0.184. The average Bonchev–Trinajstić information content (AvgIpc) is 3.05. The van der Waals surface area contributed by atoms with Crippen LogP contribution in [0.4, 0.5) is 4.39 Å². The van der Waals surface area contributed by atoms with E-state index >= 15 is 0 Å². The highest BCUT2D eigenvalue weighted by atomic mass is 19.1. The molecule has 2 saturated heterocycles. The van der Waals surface area contributed by atoms with Gasteiger partial charge in [-0.25, -0.2) is 4.39 Å². The molecule has 2 aliphatic heterocycles. The highest BCUT2D eigenvalue weighted by Gasteiger charge is 2.69. The summed E-state index contributed by atoms with van der Waals surface area (Å²) in [6.45, 7) is 7.87. The van der Waals surface area contributed by atoms with Crippen LogP contribution in [0.3, 0.4) is 0 Å². The molecule has 1 aliphatic carbocycles. The van der Waals surface area contributed by atoms with Gasteiger partial charge in [-0.2, -0.15) is 0 Å². The first-order chi connectivity index (χ1) is 10.9. The molecule has 0 unspecified atom stereocenters. The van der Waals surface area contributed by atoms with Crippen molar-refractivity contribution in [2.24, 2.45) is 0 Å². The van der Waals surface area contributed by atoms with E-state index in [1.165, 1.54) is 0 Å². The van der Waals surface area contributed by atoms with Crippen molar-refractivity contribution < 1.29 is 23.3 Å². The number of alkyl halides is 1. The maximum atomic E-state index is 14.3. The van der Waals surface area contributed by atoms with Crippen LogP contribution in [0.25, 0.3) is 0 Å². The lowest BCUT2D eigenvalue weighted by molar-refractivity contribution is -0.229. The molecule has 2 heterocycles. The van der Waals surface area contributed by atoms with E-state index in [1.54, 1.807) is 0 Å². The molecule has 1 aromatic rings. The number of fused-ring (bicyclic) bond motifs is 3. The van der Waals surface area contributed by atoms with Crippen LogP contribution in [0.1, 0.15) is 25.8 Å². The minimum Gasteiger partial charge on any atom is -0.364 e. The second kappa shape index (κ2) is 5.11. The van der Waals surface area contributed by atoms with Gasteiger partial charge >= 0.3 is 0 Å². The zero-order valence-corrected chi connectivity index (χ0v) is 13.3. The number of hydrogen-bond donors (Lipinski definition) is 0. The van der Waals surface area contributed by atoms with Crippen LogP contribution in [-0.2, 0) is 25.6 Å². The van der Waals surface area contributed by atoms with Crippen LogP contribution < -0.4 is 0 Å². The Kier molecular flexibility index (Phi) is 3.39. The van der Waals surface area contributed by atoms with Crippen LogP contribution in [0.5, 0.6) is 0 Å². The van der Waals surface area contributed by atoms with E-state index in [9.17, 15) is 4.39 Å². The second-order valence-electron chi connectivity index (χ2n) is 6.92. The molecule has 3 fully saturated rings. The van der Waals surface area contributed by atoms with Crippen LogP contribution in [0.2, 0.25) is 0 Å². The molecule has 0 amide bonds. The molecular formula is C18H21FO4. The zero-order valence-electron chi connectivity index (χ0n) is 13.3. The predicted molar refractivity (Wildman–Crippen MR) is 81.3 cm³/mol. The first kappa shape index (κ1) is 15.3. The molecular weight excluding hydrogens is 299 g/mol. The number of benzene rings is 1. The average molecular weight is 320 g/mol. The van der Waals surface area contributed by atoms with E-state index in [1.807, 2.05) is 44.2 Å². The van der Waals surface area contributed by atoms with Gasteiger partial charge in [0.25, 0.3) is 0 Å². The lowest BCUT2D eigenvalue weighted by Crippen LogP contribution is -2.48. The molecule has 124 valence electrons. The van der Waals surface area contributed by atoms with Crippen LogP contribution in [0.15, 0.2) is 42.5 Å². The van der Waals surface area contributed by atoms with Crippen molar-refractivity contribution in [3.63, 3.8) is 0 Å². The summed E-state index contributed by atoms with van der Waals surface area (Å²) in [6.07, 6.45) is -2.50. The molecule has 4 rings (SSSR count). The van der Waals surface area contributed by atoms with Crippen LogP contribution >= 0.6 is 0 Å². The fourth-order valence-electron chi connectivity index (χ4n) is 3.77. The summed E-state index contributed by atoms with van der Waals surface area (Å²) in [5.41, 5.74) is 0.553. The van der Waals surface area contributed by atoms with Gasteiger partial charge in [-0.1, -0.05) is 36.9 Å². The first-order valence-corrected chi connectivity index (χ1v) is 7.93. The molecule has 0 aromatic heterocycles. The standard InChI is InChI=1S/C18H21FO4/c1-11-13(19)9-18(20-10-12-7-5-4-6-8-12)14(11)21-16-15(18)22-17(2,3)23-16/h4-8,13-16H,1,9-10H2,2-3H3/t13-,14+,15-,16+,18+/m0/s1. The van der Waals surface area contributed by atoms with Crippen molar-refractivity contribution in [3.8, 4) is 0 Å². The molecule has 1 saturated carbocycles. The fraction of sp³-hybridized carbons (Fsp3) is 0.556. The Labute approximate surface area is 135 Å². The third-order valence-corrected chi connectivity index (χ3v) is 4.84. The number of rotatable bonds is 3. The van der Waals surface area contributed by atoms with E-state index in [0.29, 0.717) is 12.2 Å². The fourth-order valence-corrected chi connectivity index (χ4v) is 3.77. The summed E-state index contributed by atoms with van der Waals surface area (Å²) < 4.78 is 38.2. The topological polar surface area (TPSA) is 36.9 Å². The lowest BCUT2D eigenvalue weighted by Gasteiger charge is -2.33. The van der Waals surface area contributed by atoms with Gasteiger partial charge in [0.15, 0.2) is 12.1 Å². The van der Waals surface area contributed by atoms with Crippen LogP contribution in [0, 0.1) is 0 Å². The van der Waals surface area contributed by atoms with Crippen LogP contribution in [-0.4, -0.2) is 36.1 Å². The van der Waals surface area contributed by atoms with Gasteiger partial charge in [-0.15, -0.1) is 0 Å². The summed E-state index contributed by atoms with van der Waals surface area (Å²) in [4.78, 5) is 0. The highest BCUT2D eigenvalue weighted by molar-refractivity contribution is 5.30. The predicted octanol–water partition coefficient (Wildman–Crippen LogP) is 3.12. The maximum absolute atomic E-state index is 14.3. The third kappa shape index (κ3) is 2.34. The Morgan fingerprint density at radius 3 is 2.74 bits per heavy atom. The Morgan fingerprint density at radius 2 is 2.00 bits per heavy atom. The number of hydrogen-bond acceptors (Lipinski definition) is 4. The third-order valence-electron chi connectivity index (χ3n) is 4.84. The van der Waals surface area contributed by atoms with E-state index in [-0.39, 0.29) is 6.42 Å². The monoisotopic (exact) mass is 320 g/mol. The van der Waals surface area contributed by atoms with Crippen molar-refractivity contribution in [1.29, 1.82) is 0 Å². The largest absolute Gasteiger partial charge is 0.364 e. The second-order valence-corrected chi connectivity index (χ2v) is 6.92. The van der Waals surface area contributed by atoms with Crippen molar-refractivity contribution in [2.75, 3.05) is 0 Å². The Morgan fingerprint density at radius 1 is 1.26 bits per heavy atom. The molecule has 0 spiro atoms. The summed E-state index contributed by atoms with van der Waals surface area (Å²) in [5, 5.41) is 0. The Bertz CT molecular complexity index is 617. The van der Waals surface area contributed by atoms with E-state index in [0.717, 1.165) is 5.56 Å². The van der Waals surface area contributed by atoms with E-state index in [2.05, 4.69) is 6.58 Å². The van der Waals surface area contributed by atoms with Gasteiger partial charge in [0.2, 0.25) is 0 Å². The molecule has 5 heteroatoms. The number of halogens is 1. The zero-order chi connectivity index (χ0) is 16.2. The summed E-state index contributed by atoms with van der Waals surface area (Å²) >= 11 is 0. The molecule has 0 N–H and O–H groups in total. The highest BCUT2D eigenvalue weighted by Crippen LogP contribution is 2.54. The molecule has 5 atom stereocenters.